The van der Waals surface area contributed by atoms with E-state index in [0.29, 0.717) is 22.1 Å². The molecule has 3 rings (SSSR count). The number of hydrogen-bond donors (Lipinski definition) is 0. The van der Waals surface area contributed by atoms with Gasteiger partial charge in [0.15, 0.2) is 0 Å². The van der Waals surface area contributed by atoms with Crippen molar-refractivity contribution in [2.75, 3.05) is 18.6 Å². The van der Waals surface area contributed by atoms with Gasteiger partial charge in [-0.3, -0.25) is 0 Å². The normalized spacial score (nSPS) is 11.2. The Morgan fingerprint density at radius 3 is 2.62 bits per heavy atom. The summed E-state index contributed by atoms with van der Waals surface area (Å²) < 4.78 is 5.39. The van der Waals surface area contributed by atoms with E-state index in [1.165, 1.54) is 11.3 Å². The fourth-order valence-electron chi connectivity index (χ4n) is 2.61. The summed E-state index contributed by atoms with van der Waals surface area (Å²) in [4.78, 5) is 24.4. The number of rotatable bonds is 5. The first-order chi connectivity index (χ1) is 12.4. The number of thiophene rings is 1. The van der Waals surface area contributed by atoms with Crippen LogP contribution in [0.5, 0.6) is 0 Å². The summed E-state index contributed by atoms with van der Waals surface area (Å²) in [5, 5.41) is 0.973. The van der Waals surface area contributed by atoms with Crippen molar-refractivity contribution in [3.8, 4) is 0 Å². The van der Waals surface area contributed by atoms with E-state index in [4.69, 9.17) is 16.3 Å². The molecule has 3 aromatic rings. The van der Waals surface area contributed by atoms with Gasteiger partial charge >= 0.3 is 5.97 Å². The molecule has 0 spiro atoms. The number of ether oxygens (including phenoxy) is 1. The van der Waals surface area contributed by atoms with Crippen molar-refractivity contribution < 1.29 is 9.53 Å². The number of carbonyl (C=O) groups excluding carboxylic acids is 1. The van der Waals surface area contributed by atoms with Gasteiger partial charge < -0.3 is 9.64 Å². The molecule has 26 heavy (non-hydrogen) atoms. The molecule has 0 amide bonds. The Kier molecular flexibility index (Phi) is 5.44. The molecule has 0 fully saturated rings. The highest BCUT2D eigenvalue weighted by atomic mass is 35.5. The zero-order chi connectivity index (χ0) is 18.8. The number of nitrogens with zero attached hydrogens (tertiary/aromatic N) is 3. The number of halogens is 1. The molecule has 0 radical (unpaired) electrons. The van der Waals surface area contributed by atoms with Gasteiger partial charge in [-0.05, 0) is 42.1 Å². The van der Waals surface area contributed by atoms with Crippen LogP contribution in [0, 0.1) is 12.8 Å². The third-order valence-corrected chi connectivity index (χ3v) is 5.27. The zero-order valence-corrected chi connectivity index (χ0v) is 16.7. The quantitative estimate of drug-likeness (QED) is 0.441. The molecular formula is C19H20ClN3O2S. The smallest absolute Gasteiger partial charge is 0.348 e. The molecule has 136 valence electrons. The molecule has 2 heterocycles. The van der Waals surface area contributed by atoms with Crippen molar-refractivity contribution in [2.24, 2.45) is 5.92 Å². The SMILES string of the molecule is Cc1c(C(=O)OCC(C)C)sc2nc(Cl)nc(N(C)c3ccccc3)c12. The summed E-state index contributed by atoms with van der Waals surface area (Å²) in [5.74, 6) is 0.620. The van der Waals surface area contributed by atoms with Crippen LogP contribution in [0.15, 0.2) is 30.3 Å². The summed E-state index contributed by atoms with van der Waals surface area (Å²) >= 11 is 7.43. The lowest BCUT2D eigenvalue weighted by Gasteiger charge is -2.19. The van der Waals surface area contributed by atoms with Crippen molar-refractivity contribution in [3.63, 3.8) is 0 Å². The van der Waals surface area contributed by atoms with E-state index in [1.54, 1.807) is 0 Å². The predicted octanol–water partition coefficient (Wildman–Crippen LogP) is 5.23. The number of aromatic nitrogens is 2. The summed E-state index contributed by atoms with van der Waals surface area (Å²) in [5.41, 5.74) is 1.78. The molecule has 0 bridgehead atoms. The van der Waals surface area contributed by atoms with Gasteiger partial charge in [0.1, 0.15) is 15.5 Å². The average molecular weight is 390 g/mol. The van der Waals surface area contributed by atoms with E-state index in [0.717, 1.165) is 16.6 Å². The second kappa shape index (κ2) is 7.60. The Bertz CT molecular complexity index is 941. The number of esters is 1. The van der Waals surface area contributed by atoms with E-state index >= 15 is 0 Å². The first-order valence-electron chi connectivity index (χ1n) is 8.31. The molecule has 0 saturated heterocycles. The first kappa shape index (κ1) is 18.6. The van der Waals surface area contributed by atoms with Gasteiger partial charge in [-0.15, -0.1) is 11.3 Å². The maximum Gasteiger partial charge on any atom is 0.348 e. The second-order valence-electron chi connectivity index (χ2n) is 6.44. The molecule has 0 N–H and O–H groups in total. The van der Waals surface area contributed by atoms with Gasteiger partial charge in [0.2, 0.25) is 5.28 Å². The van der Waals surface area contributed by atoms with Crippen molar-refractivity contribution in [2.45, 2.75) is 20.8 Å². The van der Waals surface area contributed by atoms with E-state index < -0.39 is 0 Å². The maximum atomic E-state index is 12.5. The van der Waals surface area contributed by atoms with E-state index in [-0.39, 0.29) is 17.2 Å². The molecule has 7 heteroatoms. The van der Waals surface area contributed by atoms with Gasteiger partial charge in [-0.1, -0.05) is 32.0 Å². The number of aryl methyl sites for hydroxylation is 1. The van der Waals surface area contributed by atoms with Gasteiger partial charge in [0, 0.05) is 12.7 Å². The molecule has 0 aliphatic carbocycles. The number of anilines is 2. The van der Waals surface area contributed by atoms with E-state index in [2.05, 4.69) is 9.97 Å². The van der Waals surface area contributed by atoms with Crippen LogP contribution < -0.4 is 4.90 Å². The minimum atomic E-state index is -0.330. The van der Waals surface area contributed by atoms with Crippen LogP contribution >= 0.6 is 22.9 Å². The van der Waals surface area contributed by atoms with E-state index in [9.17, 15) is 4.79 Å². The van der Waals surface area contributed by atoms with Crippen LogP contribution in [0.4, 0.5) is 11.5 Å². The molecule has 2 aromatic heterocycles. The summed E-state index contributed by atoms with van der Waals surface area (Å²) in [6.07, 6.45) is 0. The maximum absolute atomic E-state index is 12.5. The third-order valence-electron chi connectivity index (χ3n) is 3.94. The first-order valence-corrected chi connectivity index (χ1v) is 9.50. The van der Waals surface area contributed by atoms with Crippen LogP contribution in [-0.2, 0) is 4.74 Å². The Hall–Kier alpha value is -2.18. The Morgan fingerprint density at radius 2 is 1.96 bits per heavy atom. The number of hydrogen-bond acceptors (Lipinski definition) is 6. The Balaban J connectivity index is 2.09. The minimum Gasteiger partial charge on any atom is -0.461 e. The summed E-state index contributed by atoms with van der Waals surface area (Å²) in [6, 6.07) is 9.85. The topological polar surface area (TPSA) is 55.3 Å². The summed E-state index contributed by atoms with van der Waals surface area (Å²) in [6.45, 7) is 6.28. The van der Waals surface area contributed by atoms with Crippen molar-refractivity contribution in [1.29, 1.82) is 0 Å². The number of benzene rings is 1. The number of fused-ring (bicyclic) bond motifs is 1. The predicted molar refractivity (Wildman–Crippen MR) is 107 cm³/mol. The fourth-order valence-corrected chi connectivity index (χ4v) is 3.90. The van der Waals surface area contributed by atoms with Gasteiger partial charge in [0.05, 0.1) is 12.0 Å². The number of carbonyl (C=O) groups is 1. The van der Waals surface area contributed by atoms with Crippen LogP contribution in [-0.4, -0.2) is 29.6 Å². The van der Waals surface area contributed by atoms with Crippen LogP contribution in [0.1, 0.15) is 29.1 Å². The molecule has 0 atom stereocenters. The van der Waals surface area contributed by atoms with Crippen LogP contribution in [0.2, 0.25) is 5.28 Å². The average Bonchev–Trinajstić information content (AvgIpc) is 2.95. The Morgan fingerprint density at radius 1 is 1.27 bits per heavy atom. The molecule has 0 saturated carbocycles. The standard InChI is InChI=1S/C19H20ClN3O2S/c1-11(2)10-25-18(24)15-12(3)14-16(21-19(20)22-17(14)26-15)23(4)13-8-6-5-7-9-13/h5-9,11H,10H2,1-4H3. The van der Waals surface area contributed by atoms with Gasteiger partial charge in [-0.25, -0.2) is 9.78 Å². The highest BCUT2D eigenvalue weighted by Gasteiger charge is 2.23. The monoisotopic (exact) mass is 389 g/mol. The second-order valence-corrected chi connectivity index (χ2v) is 7.78. The Labute approximate surface area is 161 Å². The zero-order valence-electron chi connectivity index (χ0n) is 15.1. The van der Waals surface area contributed by atoms with Crippen LogP contribution in [0.3, 0.4) is 0 Å². The van der Waals surface area contributed by atoms with Crippen molar-refractivity contribution in [1.82, 2.24) is 9.97 Å². The number of para-hydroxylation sites is 1. The van der Waals surface area contributed by atoms with Gasteiger partial charge in [0.25, 0.3) is 0 Å². The molecule has 0 aliphatic rings. The van der Waals surface area contributed by atoms with Crippen molar-refractivity contribution >= 4 is 50.6 Å². The summed E-state index contributed by atoms with van der Waals surface area (Å²) in [7, 11) is 1.92. The fraction of sp³-hybridized carbons (Fsp3) is 0.316. The van der Waals surface area contributed by atoms with Crippen molar-refractivity contribution in [3.05, 3.63) is 46.1 Å². The third kappa shape index (κ3) is 3.66. The molecule has 1 aromatic carbocycles. The molecule has 0 unspecified atom stereocenters. The molecule has 5 nitrogen and oxygen atoms in total. The van der Waals surface area contributed by atoms with E-state index in [1.807, 2.05) is 63.1 Å². The van der Waals surface area contributed by atoms with Gasteiger partial charge in [-0.2, -0.15) is 4.98 Å². The molecule has 0 aliphatic heterocycles. The largest absolute Gasteiger partial charge is 0.461 e. The van der Waals surface area contributed by atoms with Crippen LogP contribution in [0.25, 0.3) is 10.2 Å². The lowest BCUT2D eigenvalue weighted by atomic mass is 10.2. The lowest BCUT2D eigenvalue weighted by Crippen LogP contribution is -2.12. The minimum absolute atomic E-state index is 0.152. The highest BCUT2D eigenvalue weighted by Crippen LogP contribution is 2.38. The highest BCUT2D eigenvalue weighted by molar-refractivity contribution is 7.20. The molecular weight excluding hydrogens is 370 g/mol. The lowest BCUT2D eigenvalue weighted by molar-refractivity contribution is 0.0464.